The summed E-state index contributed by atoms with van der Waals surface area (Å²) >= 11 is 6.05. The smallest absolute Gasteiger partial charge is 0.253 e. The molecular weight excluding hydrogens is 455 g/mol. The molecule has 0 spiro atoms. The highest BCUT2D eigenvalue weighted by atomic mass is 35.5. The van der Waals surface area contributed by atoms with Gasteiger partial charge in [-0.1, -0.05) is 29.8 Å². The van der Waals surface area contributed by atoms with Crippen molar-refractivity contribution in [3.63, 3.8) is 0 Å². The van der Waals surface area contributed by atoms with Gasteiger partial charge in [-0.25, -0.2) is 9.37 Å². The maximum atomic E-state index is 13.2. The van der Waals surface area contributed by atoms with E-state index in [0.717, 1.165) is 16.7 Å². The number of carbonyl (C=O) groups is 1. The number of aromatic nitrogens is 2. The largest absolute Gasteiger partial charge is 0.394 e. The molecule has 3 N–H and O–H groups in total. The predicted molar refractivity (Wildman–Crippen MR) is 131 cm³/mol. The number of pyridine rings is 1. The van der Waals surface area contributed by atoms with Gasteiger partial charge >= 0.3 is 0 Å². The number of aryl methyl sites for hydroxylation is 2. The van der Waals surface area contributed by atoms with Crippen molar-refractivity contribution in [2.24, 2.45) is 0 Å². The zero-order valence-electron chi connectivity index (χ0n) is 18.7. The molecule has 1 atom stereocenters. The van der Waals surface area contributed by atoms with Crippen LogP contribution in [-0.4, -0.2) is 27.2 Å². The molecule has 0 aliphatic heterocycles. The fourth-order valence-electron chi connectivity index (χ4n) is 3.64. The fraction of sp³-hybridized carbons (Fsp3) is 0.154. The van der Waals surface area contributed by atoms with Crippen molar-refractivity contribution in [2.45, 2.75) is 19.9 Å². The van der Waals surface area contributed by atoms with Crippen LogP contribution in [0.5, 0.6) is 0 Å². The molecule has 0 saturated carbocycles. The molecule has 4 rings (SSSR count). The second-order valence-corrected chi connectivity index (χ2v) is 8.43. The Kier molecular flexibility index (Phi) is 6.95. The van der Waals surface area contributed by atoms with Crippen LogP contribution < -0.4 is 10.6 Å². The zero-order valence-corrected chi connectivity index (χ0v) is 19.5. The number of aliphatic hydroxyl groups is 1. The van der Waals surface area contributed by atoms with E-state index in [1.807, 2.05) is 32.2 Å². The number of nitrogens with one attached hydrogen (secondary N) is 2. The van der Waals surface area contributed by atoms with Crippen LogP contribution in [0.25, 0.3) is 5.82 Å². The summed E-state index contributed by atoms with van der Waals surface area (Å²) in [5, 5.41) is 16.4. The van der Waals surface area contributed by atoms with E-state index < -0.39 is 6.04 Å². The average molecular weight is 479 g/mol. The second kappa shape index (κ2) is 10.1. The zero-order chi connectivity index (χ0) is 24.2. The molecule has 174 valence electrons. The van der Waals surface area contributed by atoms with Gasteiger partial charge in [0.25, 0.3) is 5.91 Å². The Morgan fingerprint density at radius 1 is 1.09 bits per heavy atom. The van der Waals surface area contributed by atoms with Crippen LogP contribution in [0.1, 0.15) is 33.1 Å². The molecule has 0 aliphatic carbocycles. The summed E-state index contributed by atoms with van der Waals surface area (Å²) in [7, 11) is 0. The molecule has 34 heavy (non-hydrogen) atoms. The SMILES string of the molecule is Cc1cn(-c2nc(Nc3ccc(F)cc3)ccc2C)cc1C(=O)NC(CO)c1cccc(Cl)c1. The van der Waals surface area contributed by atoms with Gasteiger partial charge in [-0.05, 0) is 73.0 Å². The van der Waals surface area contributed by atoms with Crippen LogP contribution in [0.15, 0.2) is 73.1 Å². The van der Waals surface area contributed by atoms with Crippen molar-refractivity contribution in [1.29, 1.82) is 0 Å². The number of carbonyl (C=O) groups excluding carboxylic acids is 1. The Hall–Kier alpha value is -3.68. The Balaban J connectivity index is 1.57. The van der Waals surface area contributed by atoms with E-state index in [1.54, 1.807) is 47.2 Å². The van der Waals surface area contributed by atoms with Gasteiger partial charge in [0, 0.05) is 23.1 Å². The Bertz CT molecular complexity index is 1320. The number of aliphatic hydroxyl groups excluding tert-OH is 1. The number of rotatable bonds is 7. The molecule has 0 bridgehead atoms. The van der Waals surface area contributed by atoms with E-state index in [0.29, 0.717) is 27.9 Å². The molecule has 0 saturated heterocycles. The summed E-state index contributed by atoms with van der Waals surface area (Å²) in [5.41, 5.74) is 3.58. The lowest BCUT2D eigenvalue weighted by Gasteiger charge is -2.17. The van der Waals surface area contributed by atoms with Crippen LogP contribution in [0.3, 0.4) is 0 Å². The molecule has 2 heterocycles. The third-order valence-electron chi connectivity index (χ3n) is 5.44. The maximum Gasteiger partial charge on any atom is 0.253 e. The summed E-state index contributed by atoms with van der Waals surface area (Å²) in [6, 6.07) is 16.2. The molecule has 6 nitrogen and oxygen atoms in total. The summed E-state index contributed by atoms with van der Waals surface area (Å²) < 4.78 is 15.0. The predicted octanol–water partition coefficient (Wildman–Crippen LogP) is 5.49. The van der Waals surface area contributed by atoms with E-state index in [4.69, 9.17) is 11.6 Å². The molecule has 0 aliphatic rings. The minimum Gasteiger partial charge on any atom is -0.394 e. The van der Waals surface area contributed by atoms with Gasteiger partial charge in [-0.3, -0.25) is 4.79 Å². The minimum absolute atomic E-state index is 0.260. The highest BCUT2D eigenvalue weighted by molar-refractivity contribution is 6.30. The molecular formula is C26H24ClFN4O2. The van der Waals surface area contributed by atoms with Gasteiger partial charge < -0.3 is 20.3 Å². The van der Waals surface area contributed by atoms with E-state index in [1.165, 1.54) is 12.1 Å². The second-order valence-electron chi connectivity index (χ2n) is 7.99. The van der Waals surface area contributed by atoms with Crippen molar-refractivity contribution >= 4 is 29.0 Å². The summed E-state index contributed by atoms with van der Waals surface area (Å²) in [5.74, 6) is 0.623. The van der Waals surface area contributed by atoms with Gasteiger partial charge in [0.05, 0.1) is 18.2 Å². The number of nitrogens with zero attached hydrogens (tertiary/aromatic N) is 2. The Morgan fingerprint density at radius 2 is 1.85 bits per heavy atom. The van der Waals surface area contributed by atoms with Crippen LogP contribution in [0.4, 0.5) is 15.9 Å². The fourth-order valence-corrected chi connectivity index (χ4v) is 3.84. The lowest BCUT2D eigenvalue weighted by molar-refractivity contribution is 0.0915. The number of benzene rings is 2. The van der Waals surface area contributed by atoms with Gasteiger partial charge in [0.1, 0.15) is 17.5 Å². The maximum absolute atomic E-state index is 13.2. The Morgan fingerprint density at radius 3 is 2.56 bits per heavy atom. The molecule has 0 radical (unpaired) electrons. The molecule has 2 aromatic carbocycles. The number of amides is 1. The lowest BCUT2D eigenvalue weighted by atomic mass is 10.1. The van der Waals surface area contributed by atoms with Crippen molar-refractivity contribution in [2.75, 3.05) is 11.9 Å². The molecule has 1 unspecified atom stereocenters. The quantitative estimate of drug-likeness (QED) is 0.328. The number of hydrogen-bond donors (Lipinski definition) is 3. The van der Waals surface area contributed by atoms with Gasteiger partial charge in [0.15, 0.2) is 0 Å². The van der Waals surface area contributed by atoms with E-state index in [9.17, 15) is 14.3 Å². The highest BCUT2D eigenvalue weighted by Gasteiger charge is 2.19. The first-order valence-electron chi connectivity index (χ1n) is 10.7. The average Bonchev–Trinajstić information content (AvgIpc) is 3.21. The van der Waals surface area contributed by atoms with Crippen molar-refractivity contribution in [1.82, 2.24) is 14.9 Å². The first-order valence-corrected chi connectivity index (χ1v) is 11.1. The summed E-state index contributed by atoms with van der Waals surface area (Å²) in [6.45, 7) is 3.51. The van der Waals surface area contributed by atoms with Crippen molar-refractivity contribution in [3.8, 4) is 5.82 Å². The Labute approximate surface area is 202 Å². The van der Waals surface area contributed by atoms with Crippen LogP contribution in [0, 0.1) is 19.7 Å². The molecule has 8 heteroatoms. The monoisotopic (exact) mass is 478 g/mol. The minimum atomic E-state index is -0.586. The molecule has 1 amide bonds. The normalized spacial score (nSPS) is 11.8. The van der Waals surface area contributed by atoms with Crippen LogP contribution in [-0.2, 0) is 0 Å². The molecule has 2 aromatic heterocycles. The summed E-state index contributed by atoms with van der Waals surface area (Å²) in [4.78, 5) is 17.7. The number of anilines is 2. The van der Waals surface area contributed by atoms with Crippen LogP contribution in [0.2, 0.25) is 5.02 Å². The van der Waals surface area contributed by atoms with Crippen molar-refractivity contribution < 1.29 is 14.3 Å². The number of halogens is 2. The van der Waals surface area contributed by atoms with E-state index in [-0.39, 0.29) is 18.3 Å². The van der Waals surface area contributed by atoms with Gasteiger partial charge in [0.2, 0.25) is 0 Å². The third-order valence-corrected chi connectivity index (χ3v) is 5.68. The first kappa shape index (κ1) is 23.5. The highest BCUT2D eigenvalue weighted by Crippen LogP contribution is 2.23. The topological polar surface area (TPSA) is 79.2 Å². The van der Waals surface area contributed by atoms with Crippen molar-refractivity contribution in [3.05, 3.63) is 106 Å². The lowest BCUT2D eigenvalue weighted by Crippen LogP contribution is -2.31. The van der Waals surface area contributed by atoms with E-state index in [2.05, 4.69) is 15.6 Å². The standard InChI is InChI=1S/C26H24ClFN4O2/c1-16-6-11-24(29-21-9-7-20(28)8-10-21)31-25(16)32-13-17(2)22(14-32)26(34)30-23(15-33)18-4-3-5-19(27)12-18/h3-14,23,33H,15H2,1-2H3,(H,29,31)(H,30,34). The van der Waals surface area contributed by atoms with Gasteiger partial charge in [-0.15, -0.1) is 0 Å². The molecule has 0 fully saturated rings. The molecule has 4 aromatic rings. The summed E-state index contributed by atoms with van der Waals surface area (Å²) in [6.07, 6.45) is 3.55. The first-order chi connectivity index (χ1) is 16.3. The number of hydrogen-bond acceptors (Lipinski definition) is 4. The van der Waals surface area contributed by atoms with E-state index >= 15 is 0 Å². The van der Waals surface area contributed by atoms with Crippen LogP contribution >= 0.6 is 11.6 Å². The third kappa shape index (κ3) is 5.27. The van der Waals surface area contributed by atoms with Gasteiger partial charge in [-0.2, -0.15) is 0 Å².